The molecule has 0 spiro atoms. The summed E-state index contributed by atoms with van der Waals surface area (Å²) in [5.41, 5.74) is -1.07. The van der Waals surface area contributed by atoms with Crippen LogP contribution in [0.25, 0.3) is 0 Å². The highest BCUT2D eigenvalue weighted by Gasteiger charge is 2.42. The Balaban J connectivity index is 2.21. The Morgan fingerprint density at radius 2 is 2.21 bits per heavy atom. The molecular formula is C12H12N2O5. The molecule has 2 atom stereocenters. The van der Waals surface area contributed by atoms with Crippen LogP contribution in [0.2, 0.25) is 0 Å². The summed E-state index contributed by atoms with van der Waals surface area (Å²) < 4.78 is 6.88. The molecular weight excluding hydrogens is 252 g/mol. The maximum Gasteiger partial charge on any atom is 0.276 e. The number of fused-ring (bicyclic) bond motifs is 2. The molecule has 1 aromatic rings. The normalized spacial score (nSPS) is 25.1. The molecule has 0 aliphatic carbocycles. The van der Waals surface area contributed by atoms with Gasteiger partial charge in [-0.05, 0) is 6.92 Å². The summed E-state index contributed by atoms with van der Waals surface area (Å²) in [5, 5.41) is 9.85. The number of carbonyl (C=O) groups excluding carboxylic acids is 2. The van der Waals surface area contributed by atoms with Gasteiger partial charge in [-0.15, -0.1) is 0 Å². The fourth-order valence-corrected chi connectivity index (χ4v) is 2.58. The van der Waals surface area contributed by atoms with Gasteiger partial charge in [0.05, 0.1) is 24.8 Å². The summed E-state index contributed by atoms with van der Waals surface area (Å²) in [5.74, 6) is -1.12. The van der Waals surface area contributed by atoms with Crippen LogP contribution in [-0.2, 0) is 11.3 Å². The Hall–Kier alpha value is -2.15. The first kappa shape index (κ1) is 11.9. The first-order valence-corrected chi connectivity index (χ1v) is 5.90. The second kappa shape index (κ2) is 3.92. The summed E-state index contributed by atoms with van der Waals surface area (Å²) in [6.45, 7) is 2.54. The number of hydrogen-bond acceptors (Lipinski definition) is 5. The van der Waals surface area contributed by atoms with E-state index in [9.17, 15) is 19.5 Å². The van der Waals surface area contributed by atoms with Gasteiger partial charge in [0.15, 0.2) is 24.0 Å². The lowest BCUT2D eigenvalue weighted by atomic mass is 10.1. The molecule has 100 valence electrons. The second-order valence-electron chi connectivity index (χ2n) is 4.73. The molecule has 1 N–H and O–H groups in total. The fraction of sp³-hybridized carbons (Fsp3) is 0.417. The van der Waals surface area contributed by atoms with E-state index >= 15 is 0 Å². The summed E-state index contributed by atoms with van der Waals surface area (Å²) in [6, 6.07) is -0.105. The first-order valence-electron chi connectivity index (χ1n) is 5.90. The molecule has 3 heterocycles. The Morgan fingerprint density at radius 3 is 2.89 bits per heavy atom. The molecule has 0 saturated carbocycles. The van der Waals surface area contributed by atoms with Gasteiger partial charge in [-0.1, -0.05) is 0 Å². The number of nitrogens with zero attached hydrogens (tertiary/aromatic N) is 2. The molecule has 3 rings (SSSR count). The lowest BCUT2D eigenvalue weighted by Crippen LogP contribution is -2.48. The van der Waals surface area contributed by atoms with Crippen molar-refractivity contribution in [3.05, 3.63) is 27.7 Å². The average molecular weight is 264 g/mol. The number of hydrogen-bond donors (Lipinski definition) is 1. The van der Waals surface area contributed by atoms with Gasteiger partial charge in [0, 0.05) is 6.20 Å². The van der Waals surface area contributed by atoms with Crippen molar-refractivity contribution < 1.29 is 19.4 Å². The zero-order valence-electron chi connectivity index (χ0n) is 10.2. The molecule has 0 aromatic carbocycles. The van der Waals surface area contributed by atoms with Crippen LogP contribution >= 0.6 is 0 Å². The van der Waals surface area contributed by atoms with Crippen LogP contribution in [0.3, 0.4) is 0 Å². The molecule has 19 heavy (non-hydrogen) atoms. The van der Waals surface area contributed by atoms with Crippen LogP contribution in [0.1, 0.15) is 27.8 Å². The van der Waals surface area contributed by atoms with E-state index in [4.69, 9.17) is 4.74 Å². The van der Waals surface area contributed by atoms with E-state index in [2.05, 4.69) is 0 Å². The van der Waals surface area contributed by atoms with Crippen LogP contribution in [0.4, 0.5) is 0 Å². The SMILES string of the molecule is CC1COC2Cn3cc(C=O)c(=O)c(O)c3C(=O)N12. The molecule has 1 saturated heterocycles. The quantitative estimate of drug-likeness (QED) is 0.695. The minimum absolute atomic E-state index is 0.0794. The molecule has 2 unspecified atom stereocenters. The summed E-state index contributed by atoms with van der Waals surface area (Å²) in [6.07, 6.45) is 1.23. The van der Waals surface area contributed by atoms with Crippen molar-refractivity contribution in [3.63, 3.8) is 0 Å². The Labute approximate surface area is 108 Å². The van der Waals surface area contributed by atoms with E-state index in [0.717, 1.165) is 0 Å². The predicted molar refractivity (Wildman–Crippen MR) is 63.1 cm³/mol. The van der Waals surface area contributed by atoms with Gasteiger partial charge in [-0.3, -0.25) is 14.4 Å². The van der Waals surface area contributed by atoms with Crippen molar-refractivity contribution >= 4 is 12.2 Å². The lowest BCUT2D eigenvalue weighted by molar-refractivity contribution is 0.00628. The third-order valence-corrected chi connectivity index (χ3v) is 3.52. The Bertz CT molecular complexity index is 636. The highest BCUT2D eigenvalue weighted by Crippen LogP contribution is 2.29. The van der Waals surface area contributed by atoms with Crippen molar-refractivity contribution in [2.75, 3.05) is 6.61 Å². The van der Waals surface area contributed by atoms with Gasteiger partial charge < -0.3 is 19.3 Å². The third kappa shape index (κ3) is 1.51. The highest BCUT2D eigenvalue weighted by atomic mass is 16.5. The minimum atomic E-state index is -0.819. The molecule has 7 heteroatoms. The minimum Gasteiger partial charge on any atom is -0.503 e. The number of aromatic hydroxyl groups is 1. The molecule has 2 aliphatic rings. The van der Waals surface area contributed by atoms with Crippen LogP contribution in [0.5, 0.6) is 5.75 Å². The number of aldehydes is 1. The van der Waals surface area contributed by atoms with E-state index in [0.29, 0.717) is 19.4 Å². The van der Waals surface area contributed by atoms with Crippen molar-refractivity contribution in [1.82, 2.24) is 9.47 Å². The standard InChI is InChI=1S/C12H12N2O5/c1-6-5-19-8-3-13-2-7(4-15)10(16)11(17)9(13)12(18)14(6)8/h2,4,6,8,17H,3,5H2,1H3. The van der Waals surface area contributed by atoms with Gasteiger partial charge >= 0.3 is 0 Å². The Kier molecular flexibility index (Phi) is 2.46. The molecule has 0 radical (unpaired) electrons. The van der Waals surface area contributed by atoms with Gasteiger partial charge in [-0.2, -0.15) is 0 Å². The fourth-order valence-electron chi connectivity index (χ4n) is 2.58. The van der Waals surface area contributed by atoms with Crippen LogP contribution in [0, 0.1) is 0 Å². The van der Waals surface area contributed by atoms with Crippen LogP contribution in [-0.4, -0.2) is 45.6 Å². The molecule has 2 aliphatic heterocycles. The Morgan fingerprint density at radius 1 is 1.47 bits per heavy atom. The van der Waals surface area contributed by atoms with E-state index in [1.807, 2.05) is 6.92 Å². The zero-order chi connectivity index (χ0) is 13.7. The molecule has 0 bridgehead atoms. The summed E-state index contributed by atoms with van der Waals surface area (Å²) >= 11 is 0. The van der Waals surface area contributed by atoms with Crippen molar-refractivity contribution in [2.45, 2.75) is 25.7 Å². The average Bonchev–Trinajstić information content (AvgIpc) is 2.75. The van der Waals surface area contributed by atoms with E-state index < -0.39 is 23.3 Å². The number of rotatable bonds is 1. The van der Waals surface area contributed by atoms with Crippen molar-refractivity contribution in [3.8, 4) is 5.75 Å². The van der Waals surface area contributed by atoms with E-state index in [1.165, 1.54) is 15.7 Å². The second-order valence-corrected chi connectivity index (χ2v) is 4.73. The van der Waals surface area contributed by atoms with Crippen LogP contribution < -0.4 is 5.43 Å². The number of pyridine rings is 1. The maximum absolute atomic E-state index is 12.3. The van der Waals surface area contributed by atoms with Crippen molar-refractivity contribution in [2.24, 2.45) is 0 Å². The smallest absolute Gasteiger partial charge is 0.276 e. The lowest BCUT2D eigenvalue weighted by Gasteiger charge is -2.33. The van der Waals surface area contributed by atoms with Crippen LogP contribution in [0.15, 0.2) is 11.0 Å². The summed E-state index contributed by atoms with van der Waals surface area (Å²) in [4.78, 5) is 36.3. The highest BCUT2D eigenvalue weighted by molar-refractivity contribution is 5.97. The van der Waals surface area contributed by atoms with Crippen molar-refractivity contribution in [1.29, 1.82) is 0 Å². The number of carbonyl (C=O) groups is 2. The number of aromatic nitrogens is 1. The molecule has 1 aromatic heterocycles. The van der Waals surface area contributed by atoms with E-state index in [-0.39, 0.29) is 17.3 Å². The largest absolute Gasteiger partial charge is 0.503 e. The molecule has 1 amide bonds. The number of ether oxygens (including phenoxy) is 1. The number of amides is 1. The van der Waals surface area contributed by atoms with Gasteiger partial charge in [-0.25, -0.2) is 0 Å². The predicted octanol–water partition coefficient (Wildman–Crippen LogP) is -0.433. The monoisotopic (exact) mass is 264 g/mol. The first-order chi connectivity index (χ1) is 9.04. The molecule has 1 fully saturated rings. The third-order valence-electron chi connectivity index (χ3n) is 3.52. The summed E-state index contributed by atoms with van der Waals surface area (Å²) in [7, 11) is 0. The van der Waals surface area contributed by atoms with Gasteiger partial charge in [0.2, 0.25) is 5.43 Å². The van der Waals surface area contributed by atoms with Gasteiger partial charge in [0.25, 0.3) is 5.91 Å². The van der Waals surface area contributed by atoms with E-state index in [1.54, 1.807) is 0 Å². The molecule has 7 nitrogen and oxygen atoms in total. The zero-order valence-corrected chi connectivity index (χ0v) is 10.2. The topological polar surface area (TPSA) is 88.8 Å². The van der Waals surface area contributed by atoms with Gasteiger partial charge in [0.1, 0.15) is 0 Å². The maximum atomic E-state index is 12.3.